The number of nitrogens with one attached hydrogen (secondary N) is 1. The molecular formula is C22H21N3O2S3. The van der Waals surface area contributed by atoms with Gasteiger partial charge in [0.05, 0.1) is 16.8 Å². The Kier molecular flexibility index (Phi) is 6.36. The van der Waals surface area contributed by atoms with Gasteiger partial charge in [0.1, 0.15) is 4.83 Å². The molecular weight excluding hydrogens is 434 g/mol. The number of carbonyl (C=O) groups is 1. The van der Waals surface area contributed by atoms with E-state index in [1.807, 2.05) is 67.1 Å². The average molecular weight is 456 g/mol. The quantitative estimate of drug-likeness (QED) is 0.308. The summed E-state index contributed by atoms with van der Waals surface area (Å²) in [5.74, 6) is 0.145. The Labute approximate surface area is 186 Å². The second kappa shape index (κ2) is 9.16. The van der Waals surface area contributed by atoms with Crippen molar-refractivity contribution in [3.8, 4) is 16.1 Å². The predicted molar refractivity (Wildman–Crippen MR) is 127 cm³/mol. The van der Waals surface area contributed by atoms with E-state index >= 15 is 0 Å². The van der Waals surface area contributed by atoms with Gasteiger partial charge in [-0.2, -0.15) is 0 Å². The summed E-state index contributed by atoms with van der Waals surface area (Å²) in [6, 6.07) is 13.6. The maximum absolute atomic E-state index is 13.6. The van der Waals surface area contributed by atoms with E-state index in [1.54, 1.807) is 15.9 Å². The molecule has 30 heavy (non-hydrogen) atoms. The lowest BCUT2D eigenvalue weighted by Crippen LogP contribution is -2.33. The molecule has 1 amide bonds. The van der Waals surface area contributed by atoms with Crippen LogP contribution in [0.25, 0.3) is 26.3 Å². The molecule has 4 aromatic rings. The highest BCUT2D eigenvalue weighted by atomic mass is 32.2. The van der Waals surface area contributed by atoms with Gasteiger partial charge in [-0.25, -0.2) is 4.98 Å². The zero-order chi connectivity index (χ0) is 21.1. The highest BCUT2D eigenvalue weighted by Gasteiger charge is 2.19. The fraction of sp³-hybridized carbons (Fsp3) is 0.227. The molecule has 8 heteroatoms. The van der Waals surface area contributed by atoms with Crippen LogP contribution in [0.2, 0.25) is 0 Å². The topological polar surface area (TPSA) is 64.0 Å². The molecule has 1 unspecified atom stereocenters. The molecule has 3 aromatic heterocycles. The smallest absolute Gasteiger partial charge is 0.268 e. The van der Waals surface area contributed by atoms with Gasteiger partial charge in [-0.3, -0.25) is 14.2 Å². The van der Waals surface area contributed by atoms with E-state index in [4.69, 9.17) is 4.98 Å². The minimum Gasteiger partial charge on any atom is -0.353 e. The zero-order valence-electron chi connectivity index (χ0n) is 16.6. The largest absolute Gasteiger partial charge is 0.353 e. The molecule has 1 atom stereocenters. The molecule has 3 heterocycles. The van der Waals surface area contributed by atoms with Gasteiger partial charge < -0.3 is 5.32 Å². The van der Waals surface area contributed by atoms with E-state index in [2.05, 4.69) is 5.32 Å². The summed E-state index contributed by atoms with van der Waals surface area (Å²) in [6.07, 6.45) is 0.871. The van der Waals surface area contributed by atoms with Gasteiger partial charge in [0.15, 0.2) is 5.16 Å². The molecule has 0 fully saturated rings. The molecule has 0 saturated heterocycles. The number of fused-ring (bicyclic) bond motifs is 1. The molecule has 0 aliphatic carbocycles. The Morgan fingerprint density at radius 2 is 2.00 bits per heavy atom. The Balaban J connectivity index is 1.80. The van der Waals surface area contributed by atoms with Crippen LogP contribution < -0.4 is 10.9 Å². The Morgan fingerprint density at radius 1 is 1.20 bits per heavy atom. The van der Waals surface area contributed by atoms with Crippen molar-refractivity contribution in [2.24, 2.45) is 0 Å². The van der Waals surface area contributed by atoms with Crippen molar-refractivity contribution in [1.29, 1.82) is 0 Å². The van der Waals surface area contributed by atoms with E-state index < -0.39 is 0 Å². The van der Waals surface area contributed by atoms with Crippen LogP contribution in [0.15, 0.2) is 63.2 Å². The fourth-order valence-corrected chi connectivity index (χ4v) is 5.66. The summed E-state index contributed by atoms with van der Waals surface area (Å²) in [7, 11) is 0. The highest BCUT2D eigenvalue weighted by molar-refractivity contribution is 7.99. The molecule has 0 spiro atoms. The molecule has 4 rings (SSSR count). The second-order valence-electron chi connectivity index (χ2n) is 6.84. The summed E-state index contributed by atoms with van der Waals surface area (Å²) < 4.78 is 1.62. The van der Waals surface area contributed by atoms with Gasteiger partial charge in [-0.1, -0.05) is 43.0 Å². The standard InChI is InChI=1S/C22H21N3O2S3/c1-3-14(2)23-18(26)13-30-22-24-20-19(16(12-29-20)17-10-7-11-28-17)21(27)25(22)15-8-5-4-6-9-15/h4-12,14H,3,13H2,1-2H3,(H,23,26). The van der Waals surface area contributed by atoms with Gasteiger partial charge >= 0.3 is 0 Å². The van der Waals surface area contributed by atoms with E-state index in [-0.39, 0.29) is 23.3 Å². The Bertz CT molecular complexity index is 1210. The van der Waals surface area contributed by atoms with Gasteiger partial charge in [0.2, 0.25) is 5.91 Å². The van der Waals surface area contributed by atoms with Gasteiger partial charge in [-0.15, -0.1) is 22.7 Å². The van der Waals surface area contributed by atoms with Crippen molar-refractivity contribution in [3.63, 3.8) is 0 Å². The van der Waals surface area contributed by atoms with Crippen molar-refractivity contribution in [3.05, 3.63) is 63.6 Å². The molecule has 1 aromatic carbocycles. The van der Waals surface area contributed by atoms with Gasteiger partial charge in [0.25, 0.3) is 5.56 Å². The SMILES string of the molecule is CCC(C)NC(=O)CSc1nc2scc(-c3cccs3)c2c(=O)n1-c1ccccc1. The number of nitrogens with zero attached hydrogens (tertiary/aromatic N) is 2. The Morgan fingerprint density at radius 3 is 2.70 bits per heavy atom. The molecule has 5 nitrogen and oxygen atoms in total. The zero-order valence-corrected chi connectivity index (χ0v) is 19.1. The number of aromatic nitrogens is 2. The molecule has 0 bridgehead atoms. The number of carbonyl (C=O) groups excluding carboxylic acids is 1. The molecule has 154 valence electrons. The third-order valence-electron chi connectivity index (χ3n) is 4.73. The van der Waals surface area contributed by atoms with Crippen LogP contribution >= 0.6 is 34.4 Å². The summed E-state index contributed by atoms with van der Waals surface area (Å²) in [5, 5.41) is 8.11. The van der Waals surface area contributed by atoms with Crippen molar-refractivity contribution in [1.82, 2.24) is 14.9 Å². The minimum absolute atomic E-state index is 0.0613. The number of rotatable bonds is 7. The summed E-state index contributed by atoms with van der Waals surface area (Å²) in [6.45, 7) is 4.01. The summed E-state index contributed by atoms with van der Waals surface area (Å²) >= 11 is 4.35. The van der Waals surface area contributed by atoms with Crippen molar-refractivity contribution < 1.29 is 4.79 Å². The molecule has 0 aliphatic heterocycles. The first-order valence-corrected chi connectivity index (χ1v) is 12.4. The van der Waals surface area contributed by atoms with Crippen LogP contribution in [0, 0.1) is 0 Å². The van der Waals surface area contributed by atoms with Crippen molar-refractivity contribution in [2.45, 2.75) is 31.5 Å². The number of para-hydroxylation sites is 1. The average Bonchev–Trinajstić information content (AvgIpc) is 3.42. The number of amides is 1. The number of hydrogen-bond donors (Lipinski definition) is 1. The van der Waals surface area contributed by atoms with E-state index in [0.717, 1.165) is 22.5 Å². The maximum atomic E-state index is 13.6. The molecule has 1 N–H and O–H groups in total. The van der Waals surface area contributed by atoms with Crippen LogP contribution in [-0.2, 0) is 4.79 Å². The van der Waals surface area contributed by atoms with Crippen molar-refractivity contribution >= 4 is 50.6 Å². The number of thiophene rings is 2. The first-order valence-electron chi connectivity index (χ1n) is 9.64. The lowest BCUT2D eigenvalue weighted by Gasteiger charge is -2.14. The molecule has 0 aliphatic rings. The summed E-state index contributed by atoms with van der Waals surface area (Å²) in [5.41, 5.74) is 1.55. The van der Waals surface area contributed by atoms with Crippen LogP contribution in [0.4, 0.5) is 0 Å². The van der Waals surface area contributed by atoms with Gasteiger partial charge in [-0.05, 0) is 36.9 Å². The lowest BCUT2D eigenvalue weighted by atomic mass is 10.2. The third kappa shape index (κ3) is 4.21. The molecule has 0 radical (unpaired) electrons. The second-order valence-corrected chi connectivity index (χ2v) is 9.59. The van der Waals surface area contributed by atoms with E-state index in [0.29, 0.717) is 15.4 Å². The number of hydrogen-bond acceptors (Lipinski definition) is 6. The minimum atomic E-state index is -0.110. The van der Waals surface area contributed by atoms with E-state index in [9.17, 15) is 9.59 Å². The maximum Gasteiger partial charge on any atom is 0.268 e. The third-order valence-corrected chi connectivity index (χ3v) is 7.44. The first-order chi connectivity index (χ1) is 14.6. The molecule has 0 saturated carbocycles. The lowest BCUT2D eigenvalue weighted by molar-refractivity contribution is -0.119. The van der Waals surface area contributed by atoms with Crippen LogP contribution in [0.5, 0.6) is 0 Å². The monoisotopic (exact) mass is 455 g/mol. The predicted octanol–water partition coefficient (Wildman–Crippen LogP) is 5.18. The highest BCUT2D eigenvalue weighted by Crippen LogP contribution is 2.35. The summed E-state index contributed by atoms with van der Waals surface area (Å²) in [4.78, 5) is 32.4. The Hall–Kier alpha value is -2.42. The van der Waals surface area contributed by atoms with Crippen LogP contribution in [0.3, 0.4) is 0 Å². The normalized spacial score (nSPS) is 12.2. The fourth-order valence-electron chi connectivity index (χ4n) is 3.04. The van der Waals surface area contributed by atoms with Gasteiger partial charge in [0, 0.05) is 21.9 Å². The van der Waals surface area contributed by atoms with Crippen molar-refractivity contribution in [2.75, 3.05) is 5.75 Å². The van der Waals surface area contributed by atoms with E-state index in [1.165, 1.54) is 23.1 Å². The number of benzene rings is 1. The number of thioether (sulfide) groups is 1. The first kappa shape index (κ1) is 20.8. The van der Waals surface area contributed by atoms with Crippen LogP contribution in [0.1, 0.15) is 20.3 Å². The van der Waals surface area contributed by atoms with Crippen LogP contribution in [-0.4, -0.2) is 27.3 Å².